The van der Waals surface area contributed by atoms with Gasteiger partial charge in [-0.1, -0.05) is 30.3 Å². The zero-order valence-corrected chi connectivity index (χ0v) is 16.3. The zero-order chi connectivity index (χ0) is 19.2. The molecule has 3 rings (SSSR count). The Hall–Kier alpha value is -3.08. The Kier molecular flexibility index (Phi) is 5.91. The lowest BCUT2D eigenvalue weighted by Crippen LogP contribution is -2.09. The highest BCUT2D eigenvalue weighted by Gasteiger charge is 2.06. The first kappa shape index (κ1) is 18.7. The first-order valence-corrected chi connectivity index (χ1v) is 9.11. The lowest BCUT2D eigenvalue weighted by atomic mass is 10.1. The van der Waals surface area contributed by atoms with E-state index >= 15 is 0 Å². The number of anilines is 3. The molecule has 0 spiro atoms. The summed E-state index contributed by atoms with van der Waals surface area (Å²) in [6.07, 6.45) is 0.909. The van der Waals surface area contributed by atoms with Crippen LogP contribution in [0.5, 0.6) is 5.75 Å². The van der Waals surface area contributed by atoms with Gasteiger partial charge in [-0.15, -0.1) is 0 Å². The molecule has 140 valence electrons. The van der Waals surface area contributed by atoms with E-state index < -0.39 is 0 Å². The van der Waals surface area contributed by atoms with E-state index in [2.05, 4.69) is 64.8 Å². The van der Waals surface area contributed by atoms with Crippen LogP contribution < -0.4 is 15.4 Å². The highest BCUT2D eigenvalue weighted by Crippen LogP contribution is 2.24. The fourth-order valence-corrected chi connectivity index (χ4v) is 2.99. The van der Waals surface area contributed by atoms with Crippen LogP contribution in [0.15, 0.2) is 48.5 Å². The molecule has 0 unspecified atom stereocenters. The summed E-state index contributed by atoms with van der Waals surface area (Å²) in [7, 11) is 1.68. The molecule has 0 fully saturated rings. The number of rotatable bonds is 7. The van der Waals surface area contributed by atoms with Crippen molar-refractivity contribution in [2.45, 2.75) is 27.2 Å². The predicted octanol–water partition coefficient (Wildman–Crippen LogP) is 4.81. The van der Waals surface area contributed by atoms with E-state index in [9.17, 15) is 0 Å². The molecule has 0 radical (unpaired) electrons. The molecule has 0 amide bonds. The number of nitrogens with zero attached hydrogens (tertiary/aromatic N) is 2. The van der Waals surface area contributed by atoms with Crippen molar-refractivity contribution < 1.29 is 4.74 Å². The van der Waals surface area contributed by atoms with Crippen LogP contribution in [-0.2, 0) is 6.42 Å². The number of hydrogen-bond donors (Lipinski definition) is 2. The third-order valence-electron chi connectivity index (χ3n) is 4.45. The summed E-state index contributed by atoms with van der Waals surface area (Å²) in [4.78, 5) is 9.02. The smallest absolute Gasteiger partial charge is 0.136 e. The molecule has 0 bridgehead atoms. The molecular formula is C22H26N4O. The van der Waals surface area contributed by atoms with Gasteiger partial charge in [-0.2, -0.15) is 0 Å². The Morgan fingerprint density at radius 3 is 2.22 bits per heavy atom. The minimum atomic E-state index is 0.734. The van der Waals surface area contributed by atoms with Crippen molar-refractivity contribution in [1.29, 1.82) is 0 Å². The summed E-state index contributed by atoms with van der Waals surface area (Å²) < 4.78 is 5.20. The molecule has 0 atom stereocenters. The van der Waals surface area contributed by atoms with Gasteiger partial charge in [0, 0.05) is 18.3 Å². The molecule has 5 nitrogen and oxygen atoms in total. The van der Waals surface area contributed by atoms with Gasteiger partial charge in [-0.3, -0.25) is 0 Å². The molecule has 5 heteroatoms. The second-order valence-electron chi connectivity index (χ2n) is 6.60. The van der Waals surface area contributed by atoms with Gasteiger partial charge in [0.1, 0.15) is 23.2 Å². The lowest BCUT2D eigenvalue weighted by molar-refractivity contribution is 0.414. The maximum Gasteiger partial charge on any atom is 0.136 e. The fourth-order valence-electron chi connectivity index (χ4n) is 2.99. The van der Waals surface area contributed by atoms with Gasteiger partial charge in [0.15, 0.2) is 0 Å². The molecule has 1 heterocycles. The average molecular weight is 362 g/mol. The Labute approximate surface area is 160 Å². The first-order valence-electron chi connectivity index (χ1n) is 9.11. The van der Waals surface area contributed by atoms with E-state index in [0.29, 0.717) is 0 Å². The third kappa shape index (κ3) is 4.97. The number of para-hydroxylation sites is 1. The summed E-state index contributed by atoms with van der Waals surface area (Å²) in [6.45, 7) is 6.89. The van der Waals surface area contributed by atoms with Crippen molar-refractivity contribution in [3.05, 3.63) is 71.0 Å². The van der Waals surface area contributed by atoms with E-state index in [-0.39, 0.29) is 0 Å². The molecule has 0 saturated carbocycles. The van der Waals surface area contributed by atoms with Crippen molar-refractivity contribution in [1.82, 2.24) is 9.97 Å². The summed E-state index contributed by atoms with van der Waals surface area (Å²) in [5, 5.41) is 6.83. The fraction of sp³-hybridized carbons (Fsp3) is 0.273. The van der Waals surface area contributed by atoms with Gasteiger partial charge in [-0.25, -0.2) is 9.97 Å². The van der Waals surface area contributed by atoms with Crippen LogP contribution >= 0.6 is 0 Å². The Bertz CT molecular complexity index is 886. The SMILES string of the molecule is COc1ccc(CCNc2cc(Nc3c(C)cccc3C)nc(C)n2)cc1. The Morgan fingerprint density at radius 1 is 0.889 bits per heavy atom. The molecule has 0 aliphatic heterocycles. The highest BCUT2D eigenvalue weighted by molar-refractivity contribution is 5.65. The minimum absolute atomic E-state index is 0.734. The number of aromatic nitrogens is 2. The number of aryl methyl sites for hydroxylation is 3. The van der Waals surface area contributed by atoms with Crippen LogP contribution in [0.1, 0.15) is 22.5 Å². The summed E-state index contributed by atoms with van der Waals surface area (Å²) >= 11 is 0. The molecule has 27 heavy (non-hydrogen) atoms. The van der Waals surface area contributed by atoms with Crippen LogP contribution in [-0.4, -0.2) is 23.6 Å². The topological polar surface area (TPSA) is 59.1 Å². The zero-order valence-electron chi connectivity index (χ0n) is 16.3. The van der Waals surface area contributed by atoms with Crippen molar-refractivity contribution in [3.8, 4) is 5.75 Å². The summed E-state index contributed by atoms with van der Waals surface area (Å²) in [5.41, 5.74) is 4.74. The molecule has 0 aliphatic rings. The normalized spacial score (nSPS) is 10.5. The van der Waals surface area contributed by atoms with Crippen LogP contribution in [0.3, 0.4) is 0 Å². The second-order valence-corrected chi connectivity index (χ2v) is 6.60. The van der Waals surface area contributed by atoms with Crippen molar-refractivity contribution in [3.63, 3.8) is 0 Å². The molecule has 2 N–H and O–H groups in total. The van der Waals surface area contributed by atoms with Gasteiger partial charge >= 0.3 is 0 Å². The van der Waals surface area contributed by atoms with Gasteiger partial charge < -0.3 is 15.4 Å². The number of ether oxygens (including phenoxy) is 1. The van der Waals surface area contributed by atoms with Gasteiger partial charge in [0.05, 0.1) is 7.11 Å². The van der Waals surface area contributed by atoms with Gasteiger partial charge in [-0.05, 0) is 56.0 Å². The first-order chi connectivity index (χ1) is 13.0. The molecule has 0 aliphatic carbocycles. The maximum atomic E-state index is 5.20. The van der Waals surface area contributed by atoms with Crippen molar-refractivity contribution in [2.24, 2.45) is 0 Å². The number of benzene rings is 2. The third-order valence-corrected chi connectivity index (χ3v) is 4.45. The second kappa shape index (κ2) is 8.54. The number of methoxy groups -OCH3 is 1. The van der Waals surface area contributed by atoms with E-state index in [1.807, 2.05) is 25.1 Å². The Balaban J connectivity index is 1.66. The standard InChI is InChI=1S/C22H26N4O/c1-15-6-5-7-16(2)22(15)26-21-14-20(24-17(3)25-21)23-13-12-18-8-10-19(27-4)11-9-18/h5-11,14H,12-13H2,1-4H3,(H2,23,24,25,26). The monoisotopic (exact) mass is 362 g/mol. The van der Waals surface area contributed by atoms with E-state index in [1.54, 1.807) is 7.11 Å². The van der Waals surface area contributed by atoms with Crippen LogP contribution in [0.25, 0.3) is 0 Å². The average Bonchev–Trinajstić information content (AvgIpc) is 2.65. The van der Waals surface area contributed by atoms with E-state index in [0.717, 1.165) is 41.9 Å². The molecule has 3 aromatic rings. The van der Waals surface area contributed by atoms with Crippen molar-refractivity contribution >= 4 is 17.3 Å². The number of nitrogens with one attached hydrogen (secondary N) is 2. The van der Waals surface area contributed by atoms with Crippen LogP contribution in [0, 0.1) is 20.8 Å². The van der Waals surface area contributed by atoms with Crippen molar-refractivity contribution in [2.75, 3.05) is 24.3 Å². The summed E-state index contributed by atoms with van der Waals surface area (Å²) in [6, 6.07) is 16.3. The molecule has 0 saturated heterocycles. The van der Waals surface area contributed by atoms with Gasteiger partial charge in [0.25, 0.3) is 0 Å². The van der Waals surface area contributed by atoms with E-state index in [4.69, 9.17) is 4.74 Å². The summed E-state index contributed by atoms with van der Waals surface area (Å²) in [5.74, 6) is 3.23. The van der Waals surface area contributed by atoms with Gasteiger partial charge in [0.2, 0.25) is 0 Å². The maximum absolute atomic E-state index is 5.20. The predicted molar refractivity (Wildman–Crippen MR) is 111 cm³/mol. The van der Waals surface area contributed by atoms with Crippen LogP contribution in [0.4, 0.5) is 17.3 Å². The Morgan fingerprint density at radius 2 is 1.56 bits per heavy atom. The minimum Gasteiger partial charge on any atom is -0.497 e. The highest BCUT2D eigenvalue weighted by atomic mass is 16.5. The molecule has 2 aromatic carbocycles. The number of hydrogen-bond acceptors (Lipinski definition) is 5. The molecule has 1 aromatic heterocycles. The van der Waals surface area contributed by atoms with E-state index in [1.165, 1.54) is 16.7 Å². The quantitative estimate of drug-likeness (QED) is 0.632. The van der Waals surface area contributed by atoms with Crippen LogP contribution in [0.2, 0.25) is 0 Å². The largest absolute Gasteiger partial charge is 0.497 e. The lowest BCUT2D eigenvalue weighted by Gasteiger charge is -2.14. The molecular weight excluding hydrogens is 336 g/mol.